The molecular weight excluding hydrogens is 268 g/mol. The molecule has 0 fully saturated rings. The van der Waals surface area contributed by atoms with E-state index >= 15 is 0 Å². The van der Waals surface area contributed by atoms with Gasteiger partial charge < -0.3 is 9.84 Å². The number of carbonyl (C=O) groups is 1. The first kappa shape index (κ1) is 13.9. The Labute approximate surface area is 113 Å². The summed E-state index contributed by atoms with van der Waals surface area (Å²) in [7, 11) is 1.45. The maximum absolute atomic E-state index is 13.9. The van der Waals surface area contributed by atoms with Gasteiger partial charge in [0.2, 0.25) is 5.88 Å². The van der Waals surface area contributed by atoms with Crippen molar-refractivity contribution >= 4 is 5.97 Å². The second-order valence-electron chi connectivity index (χ2n) is 4.08. The number of halogens is 2. The van der Waals surface area contributed by atoms with E-state index in [1.54, 1.807) is 6.07 Å². The molecule has 1 aromatic carbocycles. The molecule has 104 valence electrons. The third-order valence-electron chi connectivity index (χ3n) is 2.73. The first-order valence-electron chi connectivity index (χ1n) is 5.71. The molecule has 1 N–H and O–H groups in total. The Bertz CT molecular complexity index is 642. The van der Waals surface area contributed by atoms with Crippen LogP contribution < -0.4 is 4.74 Å². The van der Waals surface area contributed by atoms with Crippen molar-refractivity contribution in [3.63, 3.8) is 0 Å². The molecular formula is C14H11F2NO3. The second kappa shape index (κ2) is 5.64. The fourth-order valence-corrected chi connectivity index (χ4v) is 1.77. The first-order valence-corrected chi connectivity index (χ1v) is 5.71. The zero-order chi connectivity index (χ0) is 14.7. The van der Waals surface area contributed by atoms with Crippen LogP contribution in [-0.2, 0) is 11.2 Å². The molecule has 0 radical (unpaired) electrons. The number of methoxy groups -OCH3 is 1. The summed E-state index contributed by atoms with van der Waals surface area (Å²) in [6.45, 7) is 0. The van der Waals surface area contributed by atoms with Gasteiger partial charge in [0.05, 0.1) is 13.5 Å². The number of carboxylic acids is 1. The minimum atomic E-state index is -1.22. The SMILES string of the molecule is COc1ccc(-c2cc(F)c(CC(=O)O)cc2F)cn1. The van der Waals surface area contributed by atoms with E-state index < -0.39 is 24.0 Å². The van der Waals surface area contributed by atoms with Gasteiger partial charge in [0.15, 0.2) is 0 Å². The summed E-state index contributed by atoms with van der Waals surface area (Å²) >= 11 is 0. The average Bonchev–Trinajstić information content (AvgIpc) is 2.42. The number of aliphatic carboxylic acids is 1. The highest BCUT2D eigenvalue weighted by molar-refractivity contribution is 5.71. The second-order valence-corrected chi connectivity index (χ2v) is 4.08. The van der Waals surface area contributed by atoms with Crippen LogP contribution in [0.4, 0.5) is 8.78 Å². The maximum Gasteiger partial charge on any atom is 0.307 e. The molecule has 0 amide bonds. The molecule has 20 heavy (non-hydrogen) atoms. The van der Waals surface area contributed by atoms with Gasteiger partial charge in [0, 0.05) is 29.0 Å². The Balaban J connectivity index is 2.41. The molecule has 2 rings (SSSR count). The molecule has 0 unspecified atom stereocenters. The zero-order valence-corrected chi connectivity index (χ0v) is 10.6. The quantitative estimate of drug-likeness (QED) is 0.934. The highest BCUT2D eigenvalue weighted by Crippen LogP contribution is 2.26. The van der Waals surface area contributed by atoms with Crippen LogP contribution in [0.5, 0.6) is 5.88 Å². The van der Waals surface area contributed by atoms with Crippen molar-refractivity contribution in [1.29, 1.82) is 0 Å². The predicted molar refractivity (Wildman–Crippen MR) is 67.5 cm³/mol. The van der Waals surface area contributed by atoms with Gasteiger partial charge in [0.25, 0.3) is 0 Å². The van der Waals surface area contributed by atoms with Crippen LogP contribution in [-0.4, -0.2) is 23.2 Å². The minimum absolute atomic E-state index is 0.0202. The van der Waals surface area contributed by atoms with Crippen LogP contribution in [0.2, 0.25) is 0 Å². The van der Waals surface area contributed by atoms with Crippen molar-refractivity contribution in [2.75, 3.05) is 7.11 Å². The van der Waals surface area contributed by atoms with Crippen LogP contribution in [0.3, 0.4) is 0 Å². The Morgan fingerprint density at radius 3 is 2.60 bits per heavy atom. The number of carboxylic acid groups (broad SMARTS) is 1. The van der Waals surface area contributed by atoms with E-state index in [4.69, 9.17) is 9.84 Å². The van der Waals surface area contributed by atoms with Gasteiger partial charge in [-0.05, 0) is 18.2 Å². The van der Waals surface area contributed by atoms with Gasteiger partial charge in [0.1, 0.15) is 11.6 Å². The number of ether oxygens (including phenoxy) is 1. The normalized spacial score (nSPS) is 10.3. The molecule has 0 atom stereocenters. The highest BCUT2D eigenvalue weighted by Gasteiger charge is 2.14. The number of hydrogen-bond acceptors (Lipinski definition) is 3. The number of hydrogen-bond donors (Lipinski definition) is 1. The van der Waals surface area contributed by atoms with Crippen molar-refractivity contribution in [1.82, 2.24) is 4.98 Å². The predicted octanol–water partition coefficient (Wildman–Crippen LogP) is 2.66. The molecule has 0 aliphatic heterocycles. The molecule has 1 heterocycles. The van der Waals surface area contributed by atoms with Gasteiger partial charge in [-0.15, -0.1) is 0 Å². The van der Waals surface area contributed by atoms with E-state index in [9.17, 15) is 13.6 Å². The van der Waals surface area contributed by atoms with Crippen LogP contribution >= 0.6 is 0 Å². The lowest BCUT2D eigenvalue weighted by atomic mass is 10.0. The number of nitrogens with zero attached hydrogens (tertiary/aromatic N) is 1. The molecule has 0 spiro atoms. The summed E-state index contributed by atoms with van der Waals surface area (Å²) in [6, 6.07) is 4.93. The third-order valence-corrected chi connectivity index (χ3v) is 2.73. The van der Waals surface area contributed by atoms with E-state index in [0.717, 1.165) is 12.1 Å². The topological polar surface area (TPSA) is 59.4 Å². The van der Waals surface area contributed by atoms with E-state index in [0.29, 0.717) is 11.4 Å². The standard InChI is InChI=1S/C14H11F2NO3/c1-20-13-3-2-8(7-17-13)10-6-11(15)9(4-12(10)16)5-14(18)19/h2-4,6-7H,5H2,1H3,(H,18,19). The highest BCUT2D eigenvalue weighted by atomic mass is 19.1. The lowest BCUT2D eigenvalue weighted by Crippen LogP contribution is -2.04. The smallest absolute Gasteiger partial charge is 0.307 e. The summed E-state index contributed by atoms with van der Waals surface area (Å²) in [5.74, 6) is -2.33. The summed E-state index contributed by atoms with van der Waals surface area (Å²) in [5, 5.41) is 8.61. The maximum atomic E-state index is 13.9. The van der Waals surface area contributed by atoms with Crippen LogP contribution in [0, 0.1) is 11.6 Å². The van der Waals surface area contributed by atoms with E-state index in [1.807, 2.05) is 0 Å². The lowest BCUT2D eigenvalue weighted by molar-refractivity contribution is -0.136. The molecule has 4 nitrogen and oxygen atoms in total. The van der Waals surface area contributed by atoms with Crippen LogP contribution in [0.1, 0.15) is 5.56 Å². The minimum Gasteiger partial charge on any atom is -0.481 e. The summed E-state index contributed by atoms with van der Waals surface area (Å²) in [6.07, 6.45) is 0.789. The fraction of sp³-hybridized carbons (Fsp3) is 0.143. The van der Waals surface area contributed by atoms with Gasteiger partial charge in [-0.3, -0.25) is 4.79 Å². The van der Waals surface area contributed by atoms with Crippen molar-refractivity contribution in [2.45, 2.75) is 6.42 Å². The number of pyridine rings is 1. The zero-order valence-electron chi connectivity index (χ0n) is 10.6. The van der Waals surface area contributed by atoms with Gasteiger partial charge in [-0.25, -0.2) is 13.8 Å². The van der Waals surface area contributed by atoms with Gasteiger partial charge in [-0.2, -0.15) is 0 Å². The molecule has 0 saturated heterocycles. The average molecular weight is 279 g/mol. The Hall–Kier alpha value is -2.50. The number of benzene rings is 1. The van der Waals surface area contributed by atoms with E-state index in [1.165, 1.54) is 19.4 Å². The Morgan fingerprint density at radius 1 is 1.30 bits per heavy atom. The van der Waals surface area contributed by atoms with Crippen LogP contribution in [0.25, 0.3) is 11.1 Å². The fourth-order valence-electron chi connectivity index (χ4n) is 1.77. The summed E-state index contributed by atoms with van der Waals surface area (Å²) < 4.78 is 32.6. The largest absolute Gasteiger partial charge is 0.481 e. The third kappa shape index (κ3) is 2.90. The van der Waals surface area contributed by atoms with Gasteiger partial charge in [-0.1, -0.05) is 0 Å². The first-order chi connectivity index (χ1) is 9.51. The lowest BCUT2D eigenvalue weighted by Gasteiger charge is -2.07. The molecule has 2 aromatic rings. The summed E-state index contributed by atoms with van der Waals surface area (Å²) in [5.41, 5.74) is 0.205. The molecule has 1 aromatic heterocycles. The van der Waals surface area contributed by atoms with Crippen LogP contribution in [0.15, 0.2) is 30.5 Å². The number of aromatic nitrogens is 1. The molecule has 6 heteroatoms. The van der Waals surface area contributed by atoms with Crippen molar-refractivity contribution in [3.05, 3.63) is 47.7 Å². The monoisotopic (exact) mass is 279 g/mol. The van der Waals surface area contributed by atoms with Crippen molar-refractivity contribution < 1.29 is 23.4 Å². The van der Waals surface area contributed by atoms with Crippen molar-refractivity contribution in [2.24, 2.45) is 0 Å². The Kier molecular flexibility index (Phi) is 3.93. The molecule has 0 bridgehead atoms. The molecule has 0 saturated carbocycles. The number of rotatable bonds is 4. The molecule has 0 aliphatic carbocycles. The Morgan fingerprint density at radius 2 is 2.05 bits per heavy atom. The van der Waals surface area contributed by atoms with E-state index in [-0.39, 0.29) is 11.1 Å². The molecule has 0 aliphatic rings. The van der Waals surface area contributed by atoms with Crippen molar-refractivity contribution in [3.8, 4) is 17.0 Å². The van der Waals surface area contributed by atoms with Gasteiger partial charge >= 0.3 is 5.97 Å². The summed E-state index contributed by atoms with van der Waals surface area (Å²) in [4.78, 5) is 14.5. The van der Waals surface area contributed by atoms with E-state index in [2.05, 4.69) is 4.98 Å².